The summed E-state index contributed by atoms with van der Waals surface area (Å²) in [4.78, 5) is 12.0. The van der Waals surface area contributed by atoms with Crippen LogP contribution in [-0.4, -0.2) is 16.8 Å². The van der Waals surface area contributed by atoms with Crippen molar-refractivity contribution >= 4 is 29.3 Å². The van der Waals surface area contributed by atoms with E-state index < -0.39 is 5.97 Å². The van der Waals surface area contributed by atoms with Crippen molar-refractivity contribution in [3.63, 3.8) is 0 Å². The van der Waals surface area contributed by atoms with Crippen molar-refractivity contribution in [2.75, 3.05) is 5.75 Å². The van der Waals surface area contributed by atoms with Gasteiger partial charge in [-0.2, -0.15) is 0 Å². The van der Waals surface area contributed by atoms with Gasteiger partial charge in [0.05, 0.1) is 10.6 Å². The molecule has 1 saturated carbocycles. The molecule has 1 aliphatic carbocycles. The van der Waals surface area contributed by atoms with Crippen LogP contribution in [0, 0.1) is 5.92 Å². The van der Waals surface area contributed by atoms with E-state index in [0.717, 1.165) is 16.6 Å². The molecule has 18 heavy (non-hydrogen) atoms. The molecule has 0 radical (unpaired) electrons. The Morgan fingerprint density at radius 3 is 2.78 bits per heavy atom. The summed E-state index contributed by atoms with van der Waals surface area (Å²) in [7, 11) is 0. The van der Waals surface area contributed by atoms with Crippen molar-refractivity contribution in [1.82, 2.24) is 0 Å². The van der Waals surface area contributed by atoms with Gasteiger partial charge in [-0.1, -0.05) is 37.3 Å². The molecular formula is C14H17ClO2S. The first kappa shape index (κ1) is 13.8. The van der Waals surface area contributed by atoms with Gasteiger partial charge in [-0.25, -0.2) is 4.79 Å². The summed E-state index contributed by atoms with van der Waals surface area (Å²) in [6, 6.07) is 5.24. The number of carboxylic acids is 1. The number of hydrogen-bond donors (Lipinski definition) is 1. The van der Waals surface area contributed by atoms with E-state index in [1.165, 1.54) is 32.1 Å². The lowest BCUT2D eigenvalue weighted by atomic mass is 10.1. The number of thioether (sulfide) groups is 1. The van der Waals surface area contributed by atoms with Crippen molar-refractivity contribution < 1.29 is 9.90 Å². The standard InChI is InChI=1S/C14H17ClO2S/c15-13-6-5-11(9-12(13)14(16)17)18-8-7-10-3-1-2-4-10/h5-6,9-10H,1-4,7-8H2,(H,16,17). The number of benzene rings is 1. The Balaban J connectivity index is 1.88. The fourth-order valence-electron chi connectivity index (χ4n) is 2.40. The van der Waals surface area contributed by atoms with Crippen molar-refractivity contribution in [3.8, 4) is 0 Å². The molecule has 0 spiro atoms. The Morgan fingerprint density at radius 2 is 2.11 bits per heavy atom. The van der Waals surface area contributed by atoms with Crippen LogP contribution >= 0.6 is 23.4 Å². The Hall–Kier alpha value is -0.670. The van der Waals surface area contributed by atoms with Crippen LogP contribution in [-0.2, 0) is 0 Å². The molecule has 2 rings (SSSR count). The lowest BCUT2D eigenvalue weighted by molar-refractivity contribution is 0.0697. The molecule has 0 unspecified atom stereocenters. The second-order valence-corrected chi connectivity index (χ2v) is 6.31. The highest BCUT2D eigenvalue weighted by molar-refractivity contribution is 7.99. The molecule has 0 saturated heterocycles. The van der Waals surface area contributed by atoms with E-state index in [4.69, 9.17) is 16.7 Å². The molecule has 1 aliphatic rings. The van der Waals surface area contributed by atoms with Gasteiger partial charge < -0.3 is 5.11 Å². The molecule has 0 atom stereocenters. The number of halogens is 1. The molecule has 1 aromatic rings. The molecule has 4 heteroatoms. The van der Waals surface area contributed by atoms with E-state index in [1.54, 1.807) is 23.9 Å². The van der Waals surface area contributed by atoms with Crippen LogP contribution in [0.1, 0.15) is 42.5 Å². The highest BCUT2D eigenvalue weighted by Crippen LogP contribution is 2.31. The molecule has 2 nitrogen and oxygen atoms in total. The number of hydrogen-bond acceptors (Lipinski definition) is 2. The van der Waals surface area contributed by atoms with Gasteiger partial charge in [0.2, 0.25) is 0 Å². The third-order valence-corrected chi connectivity index (χ3v) is 4.79. The molecule has 1 aromatic carbocycles. The van der Waals surface area contributed by atoms with Crippen LogP contribution < -0.4 is 0 Å². The van der Waals surface area contributed by atoms with Crippen LogP contribution in [0.3, 0.4) is 0 Å². The minimum Gasteiger partial charge on any atom is -0.478 e. The van der Waals surface area contributed by atoms with E-state index >= 15 is 0 Å². The zero-order valence-corrected chi connectivity index (χ0v) is 11.8. The van der Waals surface area contributed by atoms with Crippen molar-refractivity contribution in [2.24, 2.45) is 5.92 Å². The molecule has 0 bridgehead atoms. The van der Waals surface area contributed by atoms with E-state index in [0.29, 0.717) is 5.02 Å². The zero-order chi connectivity index (χ0) is 13.0. The lowest BCUT2D eigenvalue weighted by Gasteiger charge is -2.08. The fourth-order valence-corrected chi connectivity index (χ4v) is 3.65. The smallest absolute Gasteiger partial charge is 0.337 e. The normalized spacial score (nSPS) is 16.1. The second-order valence-electron chi connectivity index (χ2n) is 4.73. The van der Waals surface area contributed by atoms with Gasteiger partial charge in [-0.3, -0.25) is 0 Å². The van der Waals surface area contributed by atoms with Crippen LogP contribution in [0.4, 0.5) is 0 Å². The Labute approximate surface area is 117 Å². The van der Waals surface area contributed by atoms with Gasteiger partial charge >= 0.3 is 5.97 Å². The minimum absolute atomic E-state index is 0.197. The third-order valence-electron chi connectivity index (χ3n) is 3.44. The van der Waals surface area contributed by atoms with E-state index in [-0.39, 0.29) is 5.56 Å². The summed E-state index contributed by atoms with van der Waals surface area (Å²) in [6.07, 6.45) is 6.71. The topological polar surface area (TPSA) is 37.3 Å². The number of carbonyl (C=O) groups is 1. The summed E-state index contributed by atoms with van der Waals surface area (Å²) in [5.41, 5.74) is 0.197. The maximum atomic E-state index is 11.0. The summed E-state index contributed by atoms with van der Waals surface area (Å²) in [5.74, 6) is 0.979. The lowest BCUT2D eigenvalue weighted by Crippen LogP contribution is -1.98. The third kappa shape index (κ3) is 3.66. The summed E-state index contributed by atoms with van der Waals surface area (Å²) in [6.45, 7) is 0. The fraction of sp³-hybridized carbons (Fsp3) is 0.500. The van der Waals surface area contributed by atoms with Crippen LogP contribution in [0.15, 0.2) is 23.1 Å². The summed E-state index contributed by atoms with van der Waals surface area (Å²) in [5, 5.41) is 9.30. The Bertz CT molecular complexity index is 428. The quantitative estimate of drug-likeness (QED) is 0.796. The number of carboxylic acid groups (broad SMARTS) is 1. The largest absolute Gasteiger partial charge is 0.478 e. The van der Waals surface area contributed by atoms with E-state index in [2.05, 4.69) is 0 Å². The Kier molecular flexibility index (Phi) is 4.95. The van der Waals surface area contributed by atoms with E-state index in [1.807, 2.05) is 6.07 Å². The molecule has 0 amide bonds. The SMILES string of the molecule is O=C(O)c1cc(SCCC2CCCC2)ccc1Cl. The zero-order valence-electron chi connectivity index (χ0n) is 10.2. The average Bonchev–Trinajstić information content (AvgIpc) is 2.84. The van der Waals surface area contributed by atoms with Gasteiger partial charge in [0.25, 0.3) is 0 Å². The van der Waals surface area contributed by atoms with E-state index in [9.17, 15) is 4.79 Å². The minimum atomic E-state index is -0.960. The molecule has 1 N–H and O–H groups in total. The van der Waals surface area contributed by atoms with Crippen molar-refractivity contribution in [2.45, 2.75) is 37.0 Å². The number of aromatic carboxylic acids is 1. The highest BCUT2D eigenvalue weighted by Gasteiger charge is 2.15. The monoisotopic (exact) mass is 284 g/mol. The average molecular weight is 285 g/mol. The van der Waals surface area contributed by atoms with Gasteiger partial charge in [-0.15, -0.1) is 11.8 Å². The highest BCUT2D eigenvalue weighted by atomic mass is 35.5. The molecular weight excluding hydrogens is 268 g/mol. The maximum absolute atomic E-state index is 11.0. The van der Waals surface area contributed by atoms with Gasteiger partial charge in [0.1, 0.15) is 0 Å². The first-order valence-corrected chi connectivity index (χ1v) is 7.69. The molecule has 0 aliphatic heterocycles. The molecule has 1 fully saturated rings. The molecule has 0 aromatic heterocycles. The van der Waals surface area contributed by atoms with Crippen LogP contribution in [0.2, 0.25) is 5.02 Å². The Morgan fingerprint density at radius 1 is 1.39 bits per heavy atom. The first-order valence-electron chi connectivity index (χ1n) is 6.32. The molecule has 98 valence electrons. The first-order chi connectivity index (χ1) is 8.66. The summed E-state index contributed by atoms with van der Waals surface area (Å²) >= 11 is 7.56. The summed E-state index contributed by atoms with van der Waals surface area (Å²) < 4.78 is 0. The maximum Gasteiger partial charge on any atom is 0.337 e. The second kappa shape index (κ2) is 6.48. The van der Waals surface area contributed by atoms with Gasteiger partial charge in [0.15, 0.2) is 0 Å². The molecule has 0 heterocycles. The van der Waals surface area contributed by atoms with Gasteiger partial charge in [0, 0.05) is 4.90 Å². The predicted molar refractivity (Wildman–Crippen MR) is 75.7 cm³/mol. The number of rotatable bonds is 5. The van der Waals surface area contributed by atoms with Crippen LogP contribution in [0.25, 0.3) is 0 Å². The van der Waals surface area contributed by atoms with Crippen LogP contribution in [0.5, 0.6) is 0 Å². The van der Waals surface area contributed by atoms with Crippen molar-refractivity contribution in [1.29, 1.82) is 0 Å². The van der Waals surface area contributed by atoms with Gasteiger partial charge in [-0.05, 0) is 36.3 Å². The predicted octanol–water partition coefficient (Wildman–Crippen LogP) is 4.71. The van der Waals surface area contributed by atoms with Crippen molar-refractivity contribution in [3.05, 3.63) is 28.8 Å².